The second kappa shape index (κ2) is 4.56. The van der Waals surface area contributed by atoms with Crippen LogP contribution < -0.4 is 5.73 Å². The number of ether oxygens (including phenoxy) is 1. The molecular weight excluding hydrogens is 172 g/mol. The molecule has 1 aromatic rings. The van der Waals surface area contributed by atoms with Crippen LogP contribution in [0.1, 0.15) is 17.5 Å². The Morgan fingerprint density at radius 1 is 1.77 bits per heavy atom. The molecular formula is C7H12N4O2. The smallest absolute Gasteiger partial charge is 0.378 e. The van der Waals surface area contributed by atoms with Gasteiger partial charge in [-0.15, -0.1) is 5.10 Å². The molecule has 0 bridgehead atoms. The van der Waals surface area contributed by atoms with E-state index in [-0.39, 0.29) is 5.82 Å². The summed E-state index contributed by atoms with van der Waals surface area (Å²) in [4.78, 5) is 14.8. The average molecular weight is 184 g/mol. The predicted octanol–water partition coefficient (Wildman–Crippen LogP) is -0.587. The highest BCUT2D eigenvalue weighted by atomic mass is 16.5. The zero-order chi connectivity index (χ0) is 9.68. The third kappa shape index (κ3) is 2.51. The van der Waals surface area contributed by atoms with Gasteiger partial charge in [0.15, 0.2) is 0 Å². The average Bonchev–Trinajstić information content (AvgIpc) is 2.54. The lowest BCUT2D eigenvalue weighted by Gasteiger charge is -1.96. The number of esters is 1. The van der Waals surface area contributed by atoms with Crippen LogP contribution >= 0.6 is 0 Å². The number of carbonyl (C=O) groups excluding carboxylic acids is 1. The summed E-state index contributed by atoms with van der Waals surface area (Å²) in [5, 5.41) is 3.87. The summed E-state index contributed by atoms with van der Waals surface area (Å²) >= 11 is 0. The minimum Gasteiger partial charge on any atom is -0.460 e. The van der Waals surface area contributed by atoms with E-state index < -0.39 is 5.97 Å². The Morgan fingerprint density at radius 2 is 2.54 bits per heavy atom. The topological polar surface area (TPSA) is 83.0 Å². The molecule has 0 amide bonds. The lowest BCUT2D eigenvalue weighted by molar-refractivity contribution is 0.0511. The van der Waals surface area contributed by atoms with Crippen LogP contribution in [-0.4, -0.2) is 33.9 Å². The van der Waals surface area contributed by atoms with Gasteiger partial charge in [0.05, 0.1) is 13.2 Å². The molecule has 0 atom stereocenters. The molecule has 0 saturated heterocycles. The Balaban J connectivity index is 2.62. The molecule has 0 aliphatic carbocycles. The summed E-state index contributed by atoms with van der Waals surface area (Å²) in [6.45, 7) is 3.07. The Morgan fingerprint density at radius 3 is 3.15 bits per heavy atom. The summed E-state index contributed by atoms with van der Waals surface area (Å²) in [7, 11) is 0. The molecule has 0 saturated carbocycles. The van der Waals surface area contributed by atoms with Crippen molar-refractivity contribution in [3.8, 4) is 0 Å². The van der Waals surface area contributed by atoms with Crippen LogP contribution in [0.25, 0.3) is 0 Å². The SMILES string of the molecule is CCOC(=O)c1ncn(CCN)n1. The molecule has 0 aromatic carbocycles. The molecule has 0 radical (unpaired) electrons. The molecule has 1 heterocycles. The predicted molar refractivity (Wildman–Crippen MR) is 45.0 cm³/mol. The normalized spacial score (nSPS) is 10.0. The number of hydrogen-bond donors (Lipinski definition) is 1. The Labute approximate surface area is 75.7 Å². The van der Waals surface area contributed by atoms with Crippen LogP contribution in [0.15, 0.2) is 6.33 Å². The molecule has 6 nitrogen and oxygen atoms in total. The molecule has 6 heteroatoms. The van der Waals surface area contributed by atoms with Gasteiger partial charge in [0.2, 0.25) is 0 Å². The number of carbonyl (C=O) groups is 1. The van der Waals surface area contributed by atoms with Gasteiger partial charge in [-0.2, -0.15) is 0 Å². The van der Waals surface area contributed by atoms with E-state index in [0.717, 1.165) is 0 Å². The number of nitrogens with two attached hydrogens (primary N) is 1. The van der Waals surface area contributed by atoms with Crippen molar-refractivity contribution in [2.75, 3.05) is 13.2 Å². The van der Waals surface area contributed by atoms with Crippen LogP contribution in [0.5, 0.6) is 0 Å². The fraction of sp³-hybridized carbons (Fsp3) is 0.571. The van der Waals surface area contributed by atoms with E-state index in [1.807, 2.05) is 0 Å². The summed E-state index contributed by atoms with van der Waals surface area (Å²) in [5.74, 6) is -0.423. The summed E-state index contributed by atoms with van der Waals surface area (Å²) in [6, 6.07) is 0. The van der Waals surface area contributed by atoms with Crippen molar-refractivity contribution in [3.05, 3.63) is 12.2 Å². The standard InChI is InChI=1S/C7H12N4O2/c1-2-13-7(12)6-9-5-11(10-6)4-3-8/h5H,2-4,8H2,1H3. The summed E-state index contributed by atoms with van der Waals surface area (Å²) in [6.07, 6.45) is 1.46. The first-order valence-electron chi connectivity index (χ1n) is 4.04. The van der Waals surface area contributed by atoms with E-state index in [4.69, 9.17) is 10.5 Å². The third-order valence-corrected chi connectivity index (χ3v) is 1.35. The van der Waals surface area contributed by atoms with Gasteiger partial charge >= 0.3 is 5.97 Å². The fourth-order valence-electron chi connectivity index (χ4n) is 0.824. The van der Waals surface area contributed by atoms with Crippen molar-refractivity contribution < 1.29 is 9.53 Å². The van der Waals surface area contributed by atoms with Crippen molar-refractivity contribution in [1.82, 2.24) is 14.8 Å². The van der Waals surface area contributed by atoms with E-state index >= 15 is 0 Å². The van der Waals surface area contributed by atoms with Gasteiger partial charge in [0.1, 0.15) is 6.33 Å². The molecule has 1 rings (SSSR count). The lowest BCUT2D eigenvalue weighted by Crippen LogP contribution is -2.12. The molecule has 13 heavy (non-hydrogen) atoms. The van der Waals surface area contributed by atoms with E-state index in [1.54, 1.807) is 6.92 Å². The van der Waals surface area contributed by atoms with E-state index in [9.17, 15) is 4.79 Å². The Hall–Kier alpha value is -1.43. The molecule has 0 fully saturated rings. The van der Waals surface area contributed by atoms with Crippen molar-refractivity contribution in [3.63, 3.8) is 0 Å². The van der Waals surface area contributed by atoms with Gasteiger partial charge in [0.25, 0.3) is 5.82 Å². The number of hydrogen-bond acceptors (Lipinski definition) is 5. The zero-order valence-electron chi connectivity index (χ0n) is 7.43. The summed E-state index contributed by atoms with van der Waals surface area (Å²) < 4.78 is 6.22. The molecule has 72 valence electrons. The van der Waals surface area contributed by atoms with Gasteiger partial charge in [-0.1, -0.05) is 0 Å². The monoisotopic (exact) mass is 184 g/mol. The molecule has 0 aliphatic heterocycles. The molecule has 1 aromatic heterocycles. The Kier molecular flexibility index (Phi) is 3.39. The molecule has 0 unspecified atom stereocenters. The fourth-order valence-corrected chi connectivity index (χ4v) is 0.824. The highest BCUT2D eigenvalue weighted by molar-refractivity contribution is 5.84. The summed E-state index contributed by atoms with van der Waals surface area (Å²) in [5.41, 5.74) is 5.30. The van der Waals surface area contributed by atoms with E-state index in [2.05, 4.69) is 10.1 Å². The van der Waals surface area contributed by atoms with Gasteiger partial charge < -0.3 is 10.5 Å². The minimum atomic E-state index is -0.502. The zero-order valence-corrected chi connectivity index (χ0v) is 7.43. The number of rotatable bonds is 4. The first kappa shape index (κ1) is 9.66. The van der Waals surface area contributed by atoms with Crippen LogP contribution in [-0.2, 0) is 11.3 Å². The maximum Gasteiger partial charge on any atom is 0.378 e. The maximum absolute atomic E-state index is 11.1. The van der Waals surface area contributed by atoms with Crippen LogP contribution in [0.2, 0.25) is 0 Å². The Bertz CT molecular complexity index is 284. The van der Waals surface area contributed by atoms with Crippen LogP contribution in [0, 0.1) is 0 Å². The van der Waals surface area contributed by atoms with Gasteiger partial charge in [-0.3, -0.25) is 4.68 Å². The largest absolute Gasteiger partial charge is 0.460 e. The number of nitrogens with zero attached hydrogens (tertiary/aromatic N) is 3. The van der Waals surface area contributed by atoms with Crippen LogP contribution in [0.4, 0.5) is 0 Å². The van der Waals surface area contributed by atoms with Gasteiger partial charge in [0, 0.05) is 6.54 Å². The van der Waals surface area contributed by atoms with Crippen molar-refractivity contribution in [1.29, 1.82) is 0 Å². The third-order valence-electron chi connectivity index (χ3n) is 1.35. The molecule has 0 aliphatic rings. The second-order valence-corrected chi connectivity index (χ2v) is 2.34. The van der Waals surface area contributed by atoms with Crippen molar-refractivity contribution in [2.45, 2.75) is 13.5 Å². The van der Waals surface area contributed by atoms with Gasteiger partial charge in [-0.25, -0.2) is 9.78 Å². The van der Waals surface area contributed by atoms with Crippen LogP contribution in [0.3, 0.4) is 0 Å². The van der Waals surface area contributed by atoms with Gasteiger partial charge in [-0.05, 0) is 6.92 Å². The van der Waals surface area contributed by atoms with E-state index in [1.165, 1.54) is 11.0 Å². The lowest BCUT2D eigenvalue weighted by atomic mass is 10.6. The van der Waals surface area contributed by atoms with E-state index in [0.29, 0.717) is 19.7 Å². The van der Waals surface area contributed by atoms with Crippen molar-refractivity contribution in [2.24, 2.45) is 5.73 Å². The minimum absolute atomic E-state index is 0.0790. The number of aromatic nitrogens is 3. The molecule has 2 N–H and O–H groups in total. The first-order valence-corrected chi connectivity index (χ1v) is 4.04. The highest BCUT2D eigenvalue weighted by Crippen LogP contribution is 1.93. The quantitative estimate of drug-likeness (QED) is 0.632. The first-order chi connectivity index (χ1) is 6.27. The maximum atomic E-state index is 11.1. The van der Waals surface area contributed by atoms with Crippen molar-refractivity contribution >= 4 is 5.97 Å². The highest BCUT2D eigenvalue weighted by Gasteiger charge is 2.11. The molecule has 0 spiro atoms. The second-order valence-electron chi connectivity index (χ2n) is 2.34.